The molecule has 0 aliphatic carbocycles. The zero-order valence-corrected chi connectivity index (χ0v) is 18.9. The van der Waals surface area contributed by atoms with Crippen LogP contribution in [0.4, 0.5) is 5.69 Å². The molecule has 0 unspecified atom stereocenters. The molecule has 0 aromatic heterocycles. The summed E-state index contributed by atoms with van der Waals surface area (Å²) in [6, 6.07) is 13.2. The van der Waals surface area contributed by atoms with Gasteiger partial charge in [0.2, 0.25) is 0 Å². The molecule has 1 fully saturated rings. The lowest BCUT2D eigenvalue weighted by molar-refractivity contribution is -0.134. The van der Waals surface area contributed by atoms with Crippen LogP contribution in [-0.4, -0.2) is 56.2 Å². The fourth-order valence-corrected chi connectivity index (χ4v) is 3.55. The van der Waals surface area contributed by atoms with Gasteiger partial charge in [-0.1, -0.05) is 32.0 Å². The Morgan fingerprint density at radius 1 is 1.00 bits per heavy atom. The predicted octanol–water partition coefficient (Wildman–Crippen LogP) is 3.84. The number of amides is 1. The summed E-state index contributed by atoms with van der Waals surface area (Å²) in [6.45, 7) is 11.4. The fourth-order valence-electron chi connectivity index (χ4n) is 3.55. The van der Waals surface area contributed by atoms with Gasteiger partial charge in [-0.05, 0) is 55.2 Å². The van der Waals surface area contributed by atoms with Crippen molar-refractivity contribution in [2.75, 3.05) is 44.3 Å². The fraction of sp³-hybridized carbons (Fsp3) is 0.440. The monoisotopic (exact) mass is 424 g/mol. The minimum atomic E-state index is -0.516. The van der Waals surface area contributed by atoms with E-state index in [0.29, 0.717) is 36.9 Å². The number of benzene rings is 2. The van der Waals surface area contributed by atoms with E-state index in [-0.39, 0.29) is 12.5 Å². The Labute approximate surface area is 184 Å². The van der Waals surface area contributed by atoms with Crippen molar-refractivity contribution >= 4 is 17.6 Å². The van der Waals surface area contributed by atoms with Gasteiger partial charge in [-0.3, -0.25) is 4.79 Å². The van der Waals surface area contributed by atoms with Crippen molar-refractivity contribution in [3.63, 3.8) is 0 Å². The molecule has 2 aromatic carbocycles. The summed E-state index contributed by atoms with van der Waals surface area (Å²) in [5.41, 5.74) is 4.14. The van der Waals surface area contributed by atoms with E-state index in [0.717, 1.165) is 13.1 Å². The van der Waals surface area contributed by atoms with Gasteiger partial charge in [0.25, 0.3) is 5.91 Å². The molecule has 1 amide bonds. The van der Waals surface area contributed by atoms with Gasteiger partial charge < -0.3 is 19.3 Å². The van der Waals surface area contributed by atoms with Gasteiger partial charge in [-0.25, -0.2) is 4.79 Å². The van der Waals surface area contributed by atoms with Gasteiger partial charge >= 0.3 is 5.97 Å². The molecule has 0 spiro atoms. The van der Waals surface area contributed by atoms with Crippen LogP contribution in [0.25, 0.3) is 0 Å². The molecular formula is C25H32N2O4. The molecule has 0 N–H and O–H groups in total. The van der Waals surface area contributed by atoms with Crippen molar-refractivity contribution in [1.82, 2.24) is 4.90 Å². The van der Waals surface area contributed by atoms with Crippen LogP contribution >= 0.6 is 0 Å². The van der Waals surface area contributed by atoms with E-state index in [1.807, 2.05) is 0 Å². The third kappa shape index (κ3) is 6.00. The Morgan fingerprint density at radius 3 is 2.42 bits per heavy atom. The lowest BCUT2D eigenvalue weighted by atomic mass is 10.1. The summed E-state index contributed by atoms with van der Waals surface area (Å²) in [4.78, 5) is 29.0. The maximum absolute atomic E-state index is 12.5. The zero-order chi connectivity index (χ0) is 22.4. The summed E-state index contributed by atoms with van der Waals surface area (Å²) in [5.74, 6) is 0.333. The first-order valence-electron chi connectivity index (χ1n) is 10.8. The molecule has 0 saturated carbocycles. The Bertz CT molecular complexity index is 917. The molecule has 31 heavy (non-hydrogen) atoms. The Hall–Kier alpha value is -3.02. The summed E-state index contributed by atoms with van der Waals surface area (Å²) in [5, 5.41) is 0. The molecule has 6 heteroatoms. The van der Waals surface area contributed by atoms with Crippen LogP contribution in [0.3, 0.4) is 0 Å². The molecular weight excluding hydrogens is 392 g/mol. The number of nitrogens with zero attached hydrogens (tertiary/aromatic N) is 2. The lowest BCUT2D eigenvalue weighted by Crippen LogP contribution is -2.50. The second-order valence-corrected chi connectivity index (χ2v) is 8.40. The highest BCUT2D eigenvalue weighted by atomic mass is 16.5. The molecule has 0 bridgehead atoms. The average molecular weight is 425 g/mol. The maximum Gasteiger partial charge on any atom is 0.338 e. The van der Waals surface area contributed by atoms with Crippen molar-refractivity contribution in [3.05, 3.63) is 59.2 Å². The summed E-state index contributed by atoms with van der Waals surface area (Å²) >= 11 is 0. The van der Waals surface area contributed by atoms with Crippen LogP contribution in [0, 0.1) is 19.8 Å². The standard InChI is InChI=1S/C25H32N2O4/c1-18(2)16-30-22-9-6-8-21(15-22)25(29)31-17-24(28)27-13-11-26(12-14-27)23-10-5-7-19(3)20(23)4/h5-10,15,18H,11-14,16-17H2,1-4H3. The predicted molar refractivity (Wildman–Crippen MR) is 122 cm³/mol. The van der Waals surface area contributed by atoms with E-state index < -0.39 is 5.97 Å². The second kappa shape index (κ2) is 10.3. The van der Waals surface area contributed by atoms with Crippen molar-refractivity contribution < 1.29 is 19.1 Å². The molecule has 1 aliphatic heterocycles. The van der Waals surface area contributed by atoms with E-state index in [9.17, 15) is 9.59 Å². The van der Waals surface area contributed by atoms with Gasteiger partial charge in [0, 0.05) is 31.9 Å². The van der Waals surface area contributed by atoms with Crippen molar-refractivity contribution in [2.45, 2.75) is 27.7 Å². The average Bonchev–Trinajstić information content (AvgIpc) is 2.78. The molecule has 0 radical (unpaired) electrons. The van der Waals surface area contributed by atoms with Gasteiger partial charge in [-0.2, -0.15) is 0 Å². The molecule has 2 aromatic rings. The number of ether oxygens (including phenoxy) is 2. The molecule has 6 nitrogen and oxygen atoms in total. The van der Waals surface area contributed by atoms with Crippen LogP contribution in [0.15, 0.2) is 42.5 Å². The van der Waals surface area contributed by atoms with Gasteiger partial charge in [0.15, 0.2) is 6.61 Å². The van der Waals surface area contributed by atoms with Gasteiger partial charge in [-0.15, -0.1) is 0 Å². The Balaban J connectivity index is 1.49. The van der Waals surface area contributed by atoms with Crippen molar-refractivity contribution in [1.29, 1.82) is 0 Å². The third-order valence-corrected chi connectivity index (χ3v) is 5.53. The SMILES string of the molecule is Cc1cccc(N2CCN(C(=O)COC(=O)c3cccc(OCC(C)C)c3)CC2)c1C. The number of esters is 1. The first-order chi connectivity index (χ1) is 14.8. The zero-order valence-electron chi connectivity index (χ0n) is 18.9. The van der Waals surface area contributed by atoms with E-state index in [4.69, 9.17) is 9.47 Å². The highest BCUT2D eigenvalue weighted by Crippen LogP contribution is 2.24. The van der Waals surface area contributed by atoms with E-state index >= 15 is 0 Å². The normalized spacial score (nSPS) is 14.0. The number of piperazine rings is 1. The number of hydrogen-bond acceptors (Lipinski definition) is 5. The molecule has 166 valence electrons. The first kappa shape index (κ1) is 22.7. The second-order valence-electron chi connectivity index (χ2n) is 8.40. The minimum absolute atomic E-state index is 0.166. The number of rotatable bonds is 7. The van der Waals surface area contributed by atoms with Gasteiger partial charge in [0.1, 0.15) is 5.75 Å². The van der Waals surface area contributed by atoms with Crippen LogP contribution in [0.5, 0.6) is 5.75 Å². The van der Waals surface area contributed by atoms with E-state index in [2.05, 4.69) is 50.8 Å². The number of carbonyl (C=O) groups is 2. The number of hydrogen-bond donors (Lipinski definition) is 0. The molecule has 1 aliphatic rings. The first-order valence-corrected chi connectivity index (χ1v) is 10.8. The van der Waals surface area contributed by atoms with E-state index in [1.165, 1.54) is 16.8 Å². The largest absolute Gasteiger partial charge is 0.493 e. The topological polar surface area (TPSA) is 59.1 Å². The summed E-state index contributed by atoms with van der Waals surface area (Å²) in [6.07, 6.45) is 0. The third-order valence-electron chi connectivity index (χ3n) is 5.53. The molecule has 0 atom stereocenters. The summed E-state index contributed by atoms with van der Waals surface area (Å²) in [7, 11) is 0. The number of aryl methyl sites for hydroxylation is 1. The van der Waals surface area contributed by atoms with Crippen LogP contribution < -0.4 is 9.64 Å². The Kier molecular flexibility index (Phi) is 7.55. The smallest absolute Gasteiger partial charge is 0.338 e. The molecule has 3 rings (SSSR count). The summed E-state index contributed by atoms with van der Waals surface area (Å²) < 4.78 is 10.9. The maximum atomic E-state index is 12.5. The van der Waals surface area contributed by atoms with Crippen LogP contribution in [0.2, 0.25) is 0 Å². The van der Waals surface area contributed by atoms with E-state index in [1.54, 1.807) is 29.2 Å². The van der Waals surface area contributed by atoms with Crippen molar-refractivity contribution in [3.8, 4) is 5.75 Å². The van der Waals surface area contributed by atoms with Crippen LogP contribution in [-0.2, 0) is 9.53 Å². The number of carbonyl (C=O) groups excluding carboxylic acids is 2. The lowest BCUT2D eigenvalue weighted by Gasteiger charge is -2.37. The quantitative estimate of drug-likeness (QED) is 0.632. The van der Waals surface area contributed by atoms with Gasteiger partial charge in [0.05, 0.1) is 12.2 Å². The Morgan fingerprint density at radius 2 is 1.71 bits per heavy atom. The molecule has 1 saturated heterocycles. The highest BCUT2D eigenvalue weighted by Gasteiger charge is 2.23. The van der Waals surface area contributed by atoms with Crippen LogP contribution in [0.1, 0.15) is 35.3 Å². The number of anilines is 1. The van der Waals surface area contributed by atoms with Crippen molar-refractivity contribution in [2.24, 2.45) is 5.92 Å². The minimum Gasteiger partial charge on any atom is -0.493 e. The molecule has 1 heterocycles. The highest BCUT2D eigenvalue weighted by molar-refractivity contribution is 5.91.